The van der Waals surface area contributed by atoms with Gasteiger partial charge in [-0.3, -0.25) is 4.79 Å². The molecule has 0 fully saturated rings. The molecule has 0 saturated carbocycles. The molecule has 0 aliphatic carbocycles. The minimum absolute atomic E-state index is 0.396. The van der Waals surface area contributed by atoms with Crippen LogP contribution >= 0.6 is 0 Å². The second-order valence-corrected chi connectivity index (χ2v) is 5.49. The van der Waals surface area contributed by atoms with E-state index in [4.69, 9.17) is 9.47 Å². The Labute approximate surface area is 144 Å². The van der Waals surface area contributed by atoms with E-state index in [1.165, 1.54) is 14.0 Å². The van der Waals surface area contributed by atoms with Gasteiger partial charge < -0.3 is 19.8 Å². The lowest BCUT2D eigenvalue weighted by molar-refractivity contribution is -0.123. The van der Waals surface area contributed by atoms with Gasteiger partial charge in [-0.15, -0.1) is 0 Å². The summed E-state index contributed by atoms with van der Waals surface area (Å²) in [7, 11) is 1.52. The highest BCUT2D eigenvalue weighted by atomic mass is 16.5. The van der Waals surface area contributed by atoms with E-state index in [9.17, 15) is 9.59 Å². The number of benzene rings is 2. The predicted octanol–water partition coefficient (Wildman–Crippen LogP) is 3.36. The molecule has 0 aliphatic heterocycles. The average Bonchev–Trinajstić information content (AvgIpc) is 3.06. The van der Waals surface area contributed by atoms with Gasteiger partial charge in [-0.25, -0.2) is 4.79 Å². The molecule has 1 heterocycles. The van der Waals surface area contributed by atoms with Crippen molar-refractivity contribution < 1.29 is 19.1 Å². The van der Waals surface area contributed by atoms with Crippen molar-refractivity contribution in [1.29, 1.82) is 0 Å². The number of aromatic nitrogens is 1. The Bertz CT molecular complexity index is 916. The van der Waals surface area contributed by atoms with Gasteiger partial charge in [0.2, 0.25) is 0 Å². The Morgan fingerprint density at radius 1 is 1.08 bits per heavy atom. The van der Waals surface area contributed by atoms with Gasteiger partial charge >= 0.3 is 5.97 Å². The van der Waals surface area contributed by atoms with E-state index in [1.54, 1.807) is 30.5 Å². The van der Waals surface area contributed by atoms with Gasteiger partial charge in [0, 0.05) is 17.1 Å². The van der Waals surface area contributed by atoms with Gasteiger partial charge in [0.15, 0.2) is 6.10 Å². The highest BCUT2D eigenvalue weighted by molar-refractivity contribution is 6.05. The van der Waals surface area contributed by atoms with Crippen molar-refractivity contribution >= 4 is 28.5 Å². The standard InChI is InChI=1S/C19H18N2O4/c1-12(18(22)21-16-9-5-6-10-17(16)24-2)25-19(23)14-11-20-15-8-4-3-7-13(14)15/h3-12,20H,1-2H3,(H,21,22). The number of ether oxygens (including phenoxy) is 2. The van der Waals surface area contributed by atoms with Crippen LogP contribution in [0.15, 0.2) is 54.7 Å². The molecule has 1 aromatic heterocycles. The lowest BCUT2D eigenvalue weighted by Gasteiger charge is -2.15. The minimum Gasteiger partial charge on any atom is -0.495 e. The van der Waals surface area contributed by atoms with Crippen LogP contribution in [0, 0.1) is 0 Å². The zero-order valence-corrected chi connectivity index (χ0v) is 13.9. The summed E-state index contributed by atoms with van der Waals surface area (Å²) in [5.74, 6) is -0.455. The number of H-pyrrole nitrogens is 1. The van der Waals surface area contributed by atoms with Gasteiger partial charge in [0.1, 0.15) is 5.75 Å². The fraction of sp³-hybridized carbons (Fsp3) is 0.158. The molecule has 2 aromatic carbocycles. The molecule has 6 heteroatoms. The van der Waals surface area contributed by atoms with Crippen molar-refractivity contribution in [1.82, 2.24) is 4.98 Å². The molecule has 1 unspecified atom stereocenters. The first-order valence-corrected chi connectivity index (χ1v) is 7.81. The number of para-hydroxylation sites is 3. The molecule has 0 aliphatic rings. The Hall–Kier alpha value is -3.28. The van der Waals surface area contributed by atoms with E-state index in [2.05, 4.69) is 10.3 Å². The summed E-state index contributed by atoms with van der Waals surface area (Å²) in [5.41, 5.74) is 1.75. The lowest BCUT2D eigenvalue weighted by Crippen LogP contribution is -2.30. The van der Waals surface area contributed by atoms with Gasteiger partial charge in [0.25, 0.3) is 5.91 Å². The van der Waals surface area contributed by atoms with Crippen LogP contribution in [0.4, 0.5) is 5.69 Å². The number of methoxy groups -OCH3 is 1. The van der Waals surface area contributed by atoms with Gasteiger partial charge in [-0.1, -0.05) is 30.3 Å². The fourth-order valence-electron chi connectivity index (χ4n) is 2.50. The number of hydrogen-bond acceptors (Lipinski definition) is 4. The largest absolute Gasteiger partial charge is 0.495 e. The number of aromatic amines is 1. The first kappa shape index (κ1) is 16.6. The summed E-state index contributed by atoms with van der Waals surface area (Å²) >= 11 is 0. The van der Waals surface area contributed by atoms with E-state index in [-0.39, 0.29) is 0 Å². The van der Waals surface area contributed by atoms with Crippen molar-refractivity contribution in [2.75, 3.05) is 12.4 Å². The summed E-state index contributed by atoms with van der Waals surface area (Å²) in [4.78, 5) is 27.7. The SMILES string of the molecule is COc1ccccc1NC(=O)C(C)OC(=O)c1c[nH]c2ccccc12. The zero-order valence-electron chi connectivity index (χ0n) is 13.9. The average molecular weight is 338 g/mol. The number of carbonyl (C=O) groups excluding carboxylic acids is 2. The number of amides is 1. The number of hydrogen-bond donors (Lipinski definition) is 2. The Kier molecular flexibility index (Phi) is 4.70. The molecule has 0 bridgehead atoms. The number of nitrogens with one attached hydrogen (secondary N) is 2. The van der Waals surface area contributed by atoms with Crippen molar-refractivity contribution in [3.05, 3.63) is 60.3 Å². The van der Waals surface area contributed by atoms with E-state index < -0.39 is 18.0 Å². The minimum atomic E-state index is -0.953. The van der Waals surface area contributed by atoms with Crippen LogP contribution in [0.2, 0.25) is 0 Å². The van der Waals surface area contributed by atoms with E-state index >= 15 is 0 Å². The molecule has 3 rings (SSSR count). The van der Waals surface area contributed by atoms with Crippen molar-refractivity contribution in [3.8, 4) is 5.75 Å². The summed E-state index contributed by atoms with van der Waals surface area (Å²) < 4.78 is 10.5. The van der Waals surface area contributed by atoms with Crippen LogP contribution in [-0.4, -0.2) is 30.1 Å². The number of anilines is 1. The monoisotopic (exact) mass is 338 g/mol. The molecule has 0 saturated heterocycles. The van der Waals surface area contributed by atoms with Crippen LogP contribution < -0.4 is 10.1 Å². The predicted molar refractivity (Wildman–Crippen MR) is 94.8 cm³/mol. The third-order valence-corrected chi connectivity index (χ3v) is 3.83. The van der Waals surface area contributed by atoms with Crippen LogP contribution in [0.25, 0.3) is 10.9 Å². The molecule has 1 atom stereocenters. The third-order valence-electron chi connectivity index (χ3n) is 3.83. The summed E-state index contributed by atoms with van der Waals surface area (Å²) in [6, 6.07) is 14.4. The summed E-state index contributed by atoms with van der Waals surface area (Å²) in [5, 5.41) is 3.45. The molecular formula is C19H18N2O4. The number of fused-ring (bicyclic) bond motifs is 1. The number of rotatable bonds is 5. The zero-order chi connectivity index (χ0) is 17.8. The summed E-state index contributed by atoms with van der Waals surface area (Å²) in [6.45, 7) is 1.53. The van der Waals surface area contributed by atoms with E-state index in [0.717, 1.165) is 10.9 Å². The fourth-order valence-corrected chi connectivity index (χ4v) is 2.50. The highest BCUT2D eigenvalue weighted by Crippen LogP contribution is 2.23. The number of carbonyl (C=O) groups is 2. The molecule has 6 nitrogen and oxygen atoms in total. The van der Waals surface area contributed by atoms with E-state index in [0.29, 0.717) is 17.0 Å². The van der Waals surface area contributed by atoms with Gasteiger partial charge in [-0.05, 0) is 25.1 Å². The van der Waals surface area contributed by atoms with Crippen molar-refractivity contribution in [2.45, 2.75) is 13.0 Å². The second-order valence-electron chi connectivity index (χ2n) is 5.49. The van der Waals surface area contributed by atoms with Crippen LogP contribution in [0.1, 0.15) is 17.3 Å². The Morgan fingerprint density at radius 2 is 1.80 bits per heavy atom. The molecule has 0 spiro atoms. The van der Waals surface area contributed by atoms with Crippen LogP contribution in [0.5, 0.6) is 5.75 Å². The molecule has 128 valence electrons. The molecule has 25 heavy (non-hydrogen) atoms. The Balaban J connectivity index is 1.70. The molecule has 1 amide bonds. The maximum atomic E-state index is 12.4. The van der Waals surface area contributed by atoms with Gasteiger partial charge in [0.05, 0.1) is 18.4 Å². The first-order chi connectivity index (χ1) is 12.1. The molecule has 2 N–H and O–H groups in total. The first-order valence-electron chi connectivity index (χ1n) is 7.81. The smallest absolute Gasteiger partial charge is 0.341 e. The maximum Gasteiger partial charge on any atom is 0.341 e. The van der Waals surface area contributed by atoms with Crippen molar-refractivity contribution in [2.24, 2.45) is 0 Å². The van der Waals surface area contributed by atoms with Crippen LogP contribution in [-0.2, 0) is 9.53 Å². The second kappa shape index (κ2) is 7.09. The summed E-state index contributed by atoms with van der Waals surface area (Å²) in [6.07, 6.45) is 0.628. The van der Waals surface area contributed by atoms with Crippen molar-refractivity contribution in [3.63, 3.8) is 0 Å². The molecule has 3 aromatic rings. The maximum absolute atomic E-state index is 12.4. The van der Waals surface area contributed by atoms with E-state index in [1.807, 2.05) is 24.3 Å². The van der Waals surface area contributed by atoms with Crippen LogP contribution in [0.3, 0.4) is 0 Å². The lowest BCUT2D eigenvalue weighted by atomic mass is 10.2. The third kappa shape index (κ3) is 3.47. The molecular weight excluding hydrogens is 320 g/mol. The normalized spacial score (nSPS) is 11.8. The van der Waals surface area contributed by atoms with Gasteiger partial charge in [-0.2, -0.15) is 0 Å². The Morgan fingerprint density at radius 3 is 2.60 bits per heavy atom. The highest BCUT2D eigenvalue weighted by Gasteiger charge is 2.21. The topological polar surface area (TPSA) is 80.4 Å². The quantitative estimate of drug-likeness (QED) is 0.699. The molecule has 0 radical (unpaired) electrons. The number of esters is 1.